The minimum atomic E-state index is -0.862. The Balaban J connectivity index is 1.60. The van der Waals surface area contributed by atoms with Gasteiger partial charge in [0.2, 0.25) is 0 Å². The molecule has 1 aliphatic carbocycles. The van der Waals surface area contributed by atoms with Gasteiger partial charge in [0, 0.05) is 11.1 Å². The lowest BCUT2D eigenvalue weighted by molar-refractivity contribution is 0.504. The minimum absolute atomic E-state index is 0.481. The second-order valence-electron chi connectivity index (χ2n) is 6.26. The molecule has 0 N–H and O–H groups in total. The molecule has 0 bridgehead atoms. The number of rotatable bonds is 3. The molecule has 0 heterocycles. The first-order valence-corrected chi connectivity index (χ1v) is 8.27. The predicted molar refractivity (Wildman–Crippen MR) is 89.1 cm³/mol. The van der Waals surface area contributed by atoms with Crippen LogP contribution in [0.5, 0.6) is 0 Å². The van der Waals surface area contributed by atoms with Gasteiger partial charge in [-0.25, -0.2) is 8.78 Å². The van der Waals surface area contributed by atoms with E-state index >= 15 is 0 Å². The van der Waals surface area contributed by atoms with Crippen molar-refractivity contribution >= 4 is 0 Å². The van der Waals surface area contributed by atoms with Gasteiger partial charge in [-0.2, -0.15) is 0 Å². The first-order chi connectivity index (χ1) is 11.2. The fraction of sp³-hybridized carbons (Fsp3) is 0.333. The molecule has 0 aromatic heterocycles. The van der Waals surface area contributed by atoms with E-state index in [1.165, 1.54) is 43.7 Å². The molecule has 118 valence electrons. The van der Waals surface area contributed by atoms with Gasteiger partial charge in [-0.05, 0) is 54.7 Å². The Labute approximate surface area is 136 Å². The van der Waals surface area contributed by atoms with Crippen LogP contribution in [0.15, 0.2) is 42.5 Å². The summed E-state index contributed by atoms with van der Waals surface area (Å²) in [5.74, 6) is 5.06. The van der Waals surface area contributed by atoms with E-state index in [4.69, 9.17) is 0 Å². The maximum Gasteiger partial charge on any atom is 0.160 e. The Morgan fingerprint density at radius 3 is 2.17 bits per heavy atom. The van der Waals surface area contributed by atoms with E-state index in [2.05, 4.69) is 24.0 Å². The van der Waals surface area contributed by atoms with Crippen molar-refractivity contribution in [3.63, 3.8) is 0 Å². The van der Waals surface area contributed by atoms with Crippen LogP contribution in [0.1, 0.15) is 48.8 Å². The van der Waals surface area contributed by atoms with E-state index in [1.807, 2.05) is 12.1 Å². The Bertz CT molecular complexity index is 714. The second-order valence-corrected chi connectivity index (χ2v) is 6.26. The normalized spacial score (nSPS) is 14.5. The number of hydrogen-bond acceptors (Lipinski definition) is 0. The Kier molecular flexibility index (Phi) is 5.08. The highest BCUT2D eigenvalue weighted by atomic mass is 19.2. The molecule has 0 aliphatic heterocycles. The fourth-order valence-corrected chi connectivity index (χ4v) is 3.14. The average molecular weight is 310 g/mol. The quantitative estimate of drug-likeness (QED) is 0.658. The average Bonchev–Trinajstić information content (AvgIpc) is 3.08. The largest absolute Gasteiger partial charge is 0.204 e. The summed E-state index contributed by atoms with van der Waals surface area (Å²) in [4.78, 5) is 0. The van der Waals surface area contributed by atoms with Crippen LogP contribution in [-0.2, 0) is 6.42 Å². The van der Waals surface area contributed by atoms with Gasteiger partial charge in [0.05, 0.1) is 0 Å². The van der Waals surface area contributed by atoms with Crippen LogP contribution in [0, 0.1) is 29.4 Å². The Hall–Kier alpha value is -2.14. The van der Waals surface area contributed by atoms with Crippen LogP contribution >= 0.6 is 0 Å². The van der Waals surface area contributed by atoms with Crippen molar-refractivity contribution in [1.29, 1.82) is 0 Å². The molecule has 1 fully saturated rings. The number of benzene rings is 2. The number of aryl methyl sites for hydroxylation is 1. The molecule has 0 saturated heterocycles. The van der Waals surface area contributed by atoms with Crippen molar-refractivity contribution in [2.45, 2.75) is 38.5 Å². The molecule has 1 saturated carbocycles. The second kappa shape index (κ2) is 7.42. The first kappa shape index (κ1) is 15.7. The zero-order chi connectivity index (χ0) is 16.1. The summed E-state index contributed by atoms with van der Waals surface area (Å²) in [5.41, 5.74) is 2.71. The van der Waals surface area contributed by atoms with E-state index in [-0.39, 0.29) is 0 Å². The Morgan fingerprint density at radius 2 is 1.48 bits per heavy atom. The first-order valence-electron chi connectivity index (χ1n) is 8.27. The maximum atomic E-state index is 13.1. The van der Waals surface area contributed by atoms with Gasteiger partial charge in [-0.15, -0.1) is 0 Å². The van der Waals surface area contributed by atoms with E-state index in [0.29, 0.717) is 5.56 Å². The van der Waals surface area contributed by atoms with Crippen molar-refractivity contribution in [3.8, 4) is 11.8 Å². The molecule has 0 radical (unpaired) electrons. The SMILES string of the molecule is Fc1ccc(C#Cc2ccc(CCC3CCCC3)cc2)cc1F. The highest BCUT2D eigenvalue weighted by Crippen LogP contribution is 2.28. The van der Waals surface area contributed by atoms with Gasteiger partial charge in [-0.1, -0.05) is 49.7 Å². The van der Waals surface area contributed by atoms with Gasteiger partial charge < -0.3 is 0 Å². The molecule has 23 heavy (non-hydrogen) atoms. The van der Waals surface area contributed by atoms with Gasteiger partial charge in [0.15, 0.2) is 11.6 Å². The molecule has 0 unspecified atom stereocenters. The lowest BCUT2D eigenvalue weighted by Crippen LogP contribution is -1.96. The van der Waals surface area contributed by atoms with Crippen molar-refractivity contribution in [2.75, 3.05) is 0 Å². The number of hydrogen-bond donors (Lipinski definition) is 0. The third-order valence-corrected chi connectivity index (χ3v) is 4.54. The zero-order valence-electron chi connectivity index (χ0n) is 13.1. The van der Waals surface area contributed by atoms with E-state index in [1.54, 1.807) is 0 Å². The molecule has 0 amide bonds. The zero-order valence-corrected chi connectivity index (χ0v) is 13.1. The highest BCUT2D eigenvalue weighted by Gasteiger charge is 2.14. The van der Waals surface area contributed by atoms with Crippen LogP contribution in [-0.4, -0.2) is 0 Å². The summed E-state index contributed by atoms with van der Waals surface area (Å²) in [5, 5.41) is 0. The third kappa shape index (κ3) is 4.42. The molecule has 0 atom stereocenters. The van der Waals surface area contributed by atoms with Crippen LogP contribution < -0.4 is 0 Å². The van der Waals surface area contributed by atoms with Crippen LogP contribution in [0.25, 0.3) is 0 Å². The van der Waals surface area contributed by atoms with E-state index in [0.717, 1.165) is 30.0 Å². The minimum Gasteiger partial charge on any atom is -0.204 e. The topological polar surface area (TPSA) is 0 Å². The molecule has 0 spiro atoms. The molecule has 3 rings (SSSR count). The molecule has 0 nitrogen and oxygen atoms in total. The summed E-state index contributed by atoms with van der Waals surface area (Å²) in [6, 6.07) is 11.9. The standard InChI is InChI=1S/C21H20F2/c22-20-14-13-19(15-21(20)23)12-11-18-9-7-17(8-10-18)6-5-16-3-1-2-4-16/h7-10,13-16H,1-6H2. The smallest absolute Gasteiger partial charge is 0.160 e. The van der Waals surface area contributed by atoms with Gasteiger partial charge in [0.1, 0.15) is 0 Å². The monoisotopic (exact) mass is 310 g/mol. The van der Waals surface area contributed by atoms with Gasteiger partial charge >= 0.3 is 0 Å². The van der Waals surface area contributed by atoms with E-state index in [9.17, 15) is 8.78 Å². The van der Waals surface area contributed by atoms with Gasteiger partial charge in [-0.3, -0.25) is 0 Å². The van der Waals surface area contributed by atoms with Crippen LogP contribution in [0.3, 0.4) is 0 Å². The molecule has 2 aromatic carbocycles. The third-order valence-electron chi connectivity index (χ3n) is 4.54. The summed E-state index contributed by atoms with van der Waals surface area (Å²) < 4.78 is 26.0. The highest BCUT2D eigenvalue weighted by molar-refractivity contribution is 5.43. The number of halogens is 2. The molecule has 1 aliphatic rings. The summed E-state index contributed by atoms with van der Waals surface area (Å²) in [7, 11) is 0. The molecular weight excluding hydrogens is 290 g/mol. The lowest BCUT2D eigenvalue weighted by atomic mass is 9.98. The molecular formula is C21H20F2. The van der Waals surface area contributed by atoms with Crippen molar-refractivity contribution in [1.82, 2.24) is 0 Å². The fourth-order valence-electron chi connectivity index (χ4n) is 3.14. The lowest BCUT2D eigenvalue weighted by Gasteiger charge is -2.08. The summed E-state index contributed by atoms with van der Waals surface area (Å²) in [6.45, 7) is 0. The van der Waals surface area contributed by atoms with Crippen LogP contribution in [0.2, 0.25) is 0 Å². The van der Waals surface area contributed by atoms with Crippen molar-refractivity contribution in [3.05, 3.63) is 70.8 Å². The molecule has 2 heteroatoms. The van der Waals surface area contributed by atoms with E-state index < -0.39 is 11.6 Å². The maximum absolute atomic E-state index is 13.1. The van der Waals surface area contributed by atoms with Crippen LogP contribution in [0.4, 0.5) is 8.78 Å². The van der Waals surface area contributed by atoms with Crippen molar-refractivity contribution < 1.29 is 8.78 Å². The van der Waals surface area contributed by atoms with Crippen molar-refractivity contribution in [2.24, 2.45) is 5.92 Å². The summed E-state index contributed by atoms with van der Waals surface area (Å²) >= 11 is 0. The summed E-state index contributed by atoms with van der Waals surface area (Å²) in [6.07, 6.45) is 7.96. The predicted octanol–water partition coefficient (Wildman–Crippen LogP) is 5.49. The Morgan fingerprint density at radius 1 is 0.826 bits per heavy atom. The molecule has 2 aromatic rings. The van der Waals surface area contributed by atoms with Gasteiger partial charge in [0.25, 0.3) is 0 Å².